The Morgan fingerprint density at radius 1 is 0.971 bits per heavy atom. The normalized spacial score (nSPS) is 16.0. The number of nitrogens with zero attached hydrogens (tertiary/aromatic N) is 4. The number of carbonyl (C=O) groups excluding carboxylic acids is 3. The van der Waals surface area contributed by atoms with E-state index in [-0.39, 0.29) is 58.9 Å². The first-order valence-electron chi connectivity index (χ1n) is 23.0. The monoisotopic (exact) mass is 1000 g/mol. The van der Waals surface area contributed by atoms with E-state index >= 15 is 0 Å². The van der Waals surface area contributed by atoms with Crippen molar-refractivity contribution in [3.63, 3.8) is 0 Å². The van der Waals surface area contributed by atoms with Gasteiger partial charge in [0.15, 0.2) is 15.7 Å². The van der Waals surface area contributed by atoms with Gasteiger partial charge in [0.05, 0.1) is 63.1 Å². The highest BCUT2D eigenvalue weighted by molar-refractivity contribution is 7.92. The van der Waals surface area contributed by atoms with Crippen molar-refractivity contribution >= 4 is 73.6 Å². The minimum absolute atomic E-state index is 0.00758. The SMILES string of the molecule is COc1cc(CCNCCCC(=O)N[C@H](C(=O)N2C[C@H](O)C[C@H]2C(=O)N[C@@H](C)c2ccc(-c3scnc3C)cc2)C(C)(C)C)c(C)cc1Nc1ncc(Cl)c(Nc2ccccc2S(=O)(=O)C(C)C)n1. The van der Waals surface area contributed by atoms with Gasteiger partial charge in [0.2, 0.25) is 23.7 Å². The Kier molecular flexibility index (Phi) is 17.4. The molecule has 19 heteroatoms. The van der Waals surface area contributed by atoms with E-state index in [1.54, 1.807) is 56.6 Å². The molecule has 2 aromatic heterocycles. The summed E-state index contributed by atoms with van der Waals surface area (Å²) < 4.78 is 31.8. The van der Waals surface area contributed by atoms with E-state index in [4.69, 9.17) is 16.3 Å². The first kappa shape index (κ1) is 52.7. The largest absolute Gasteiger partial charge is 0.495 e. The molecule has 1 fully saturated rings. The number of benzene rings is 3. The molecule has 0 spiro atoms. The summed E-state index contributed by atoms with van der Waals surface area (Å²) >= 11 is 8.03. The van der Waals surface area contributed by atoms with Crippen LogP contribution in [0.2, 0.25) is 5.02 Å². The van der Waals surface area contributed by atoms with Crippen LogP contribution in [0, 0.1) is 19.3 Å². The fraction of sp³-hybridized carbons (Fsp3) is 0.440. The van der Waals surface area contributed by atoms with Crippen LogP contribution < -0.4 is 31.3 Å². The number of carbonyl (C=O) groups is 3. The number of aliphatic hydroxyl groups is 1. The van der Waals surface area contributed by atoms with Gasteiger partial charge in [0, 0.05) is 19.4 Å². The Morgan fingerprint density at radius 2 is 1.70 bits per heavy atom. The Labute approximate surface area is 414 Å². The number of methoxy groups -OCH3 is 1. The number of anilines is 4. The van der Waals surface area contributed by atoms with Crippen molar-refractivity contribution in [1.29, 1.82) is 0 Å². The minimum Gasteiger partial charge on any atom is -0.495 e. The Hall–Kier alpha value is -5.66. The molecule has 0 aliphatic carbocycles. The highest BCUT2D eigenvalue weighted by atomic mass is 35.5. The van der Waals surface area contributed by atoms with Crippen LogP contribution in [-0.2, 0) is 30.6 Å². The highest BCUT2D eigenvalue weighted by Gasteiger charge is 2.44. The molecule has 69 heavy (non-hydrogen) atoms. The molecule has 3 heterocycles. The third kappa shape index (κ3) is 13.2. The number of amides is 3. The van der Waals surface area contributed by atoms with E-state index in [0.717, 1.165) is 32.8 Å². The summed E-state index contributed by atoms with van der Waals surface area (Å²) in [6, 6.07) is 16.3. The van der Waals surface area contributed by atoms with Gasteiger partial charge in [-0.1, -0.05) is 68.8 Å². The van der Waals surface area contributed by atoms with Gasteiger partial charge in [-0.15, -0.1) is 11.3 Å². The number of aliphatic hydroxyl groups excluding tert-OH is 1. The van der Waals surface area contributed by atoms with Crippen molar-refractivity contribution in [1.82, 2.24) is 35.8 Å². The predicted octanol–water partition coefficient (Wildman–Crippen LogP) is 7.83. The molecular weight excluding hydrogens is 938 g/mol. The molecule has 0 bridgehead atoms. The molecule has 5 aromatic rings. The summed E-state index contributed by atoms with van der Waals surface area (Å²) in [6.07, 6.45) is 2.03. The van der Waals surface area contributed by atoms with Crippen LogP contribution in [-0.4, -0.2) is 101 Å². The van der Waals surface area contributed by atoms with Crippen LogP contribution in [0.25, 0.3) is 10.4 Å². The molecule has 16 nitrogen and oxygen atoms in total. The number of sulfone groups is 1. The quantitative estimate of drug-likeness (QED) is 0.0411. The minimum atomic E-state index is -3.59. The van der Waals surface area contributed by atoms with Crippen LogP contribution in [0.3, 0.4) is 0 Å². The summed E-state index contributed by atoms with van der Waals surface area (Å²) in [7, 11) is -2.02. The molecular formula is C50H64ClN9O7S2. The van der Waals surface area contributed by atoms with E-state index in [9.17, 15) is 27.9 Å². The maximum Gasteiger partial charge on any atom is 0.246 e. The van der Waals surface area contributed by atoms with Crippen LogP contribution >= 0.6 is 22.9 Å². The van der Waals surface area contributed by atoms with E-state index in [1.807, 2.05) is 83.5 Å². The van der Waals surface area contributed by atoms with Crippen molar-refractivity contribution in [2.45, 2.75) is 115 Å². The van der Waals surface area contributed by atoms with Gasteiger partial charge in [0.1, 0.15) is 22.9 Å². The van der Waals surface area contributed by atoms with E-state index in [1.165, 1.54) is 11.1 Å². The number of halogens is 1. The molecule has 4 atom stereocenters. The number of hydrogen-bond acceptors (Lipinski definition) is 14. The maximum atomic E-state index is 14.2. The van der Waals surface area contributed by atoms with Crippen LogP contribution in [0.4, 0.5) is 23.1 Å². The number of aromatic nitrogens is 3. The number of thiazole rings is 1. The summed E-state index contributed by atoms with van der Waals surface area (Å²) in [5.74, 6) is -0.0472. The zero-order valence-corrected chi connectivity index (χ0v) is 43.0. The van der Waals surface area contributed by atoms with Gasteiger partial charge < -0.3 is 41.3 Å². The number of ether oxygens (including phenoxy) is 1. The van der Waals surface area contributed by atoms with Crippen molar-refractivity contribution in [3.05, 3.63) is 99.8 Å². The molecule has 1 aliphatic heterocycles. The van der Waals surface area contributed by atoms with Crippen LogP contribution in [0.1, 0.15) is 89.2 Å². The second-order valence-electron chi connectivity index (χ2n) is 18.7. The van der Waals surface area contributed by atoms with Gasteiger partial charge in [-0.3, -0.25) is 14.4 Å². The Morgan fingerprint density at radius 3 is 2.36 bits per heavy atom. The summed E-state index contributed by atoms with van der Waals surface area (Å²) in [4.78, 5) is 57.0. The van der Waals surface area contributed by atoms with Crippen LogP contribution in [0.5, 0.6) is 5.75 Å². The van der Waals surface area contributed by atoms with Crippen molar-refractivity contribution in [2.24, 2.45) is 5.41 Å². The number of β-amino-alcohol motifs (C(OH)–C–C–N with tert-alkyl or cyclic N) is 1. The van der Waals surface area contributed by atoms with Crippen molar-refractivity contribution in [2.75, 3.05) is 37.4 Å². The third-order valence-electron chi connectivity index (χ3n) is 12.1. The third-order valence-corrected chi connectivity index (χ3v) is 15.6. The van der Waals surface area contributed by atoms with Crippen molar-refractivity contribution in [3.8, 4) is 16.2 Å². The second kappa shape index (κ2) is 22.8. The average molecular weight is 1000 g/mol. The lowest BCUT2D eigenvalue weighted by molar-refractivity contribution is -0.144. The molecule has 3 amide bonds. The zero-order chi connectivity index (χ0) is 50.2. The molecule has 0 saturated carbocycles. The van der Waals surface area contributed by atoms with Crippen LogP contribution in [0.15, 0.2) is 77.3 Å². The van der Waals surface area contributed by atoms with Crippen molar-refractivity contribution < 1.29 is 32.6 Å². The van der Waals surface area contributed by atoms with E-state index < -0.39 is 44.6 Å². The van der Waals surface area contributed by atoms with E-state index in [2.05, 4.69) is 41.5 Å². The summed E-state index contributed by atoms with van der Waals surface area (Å²) in [5.41, 5.74) is 7.05. The summed E-state index contributed by atoms with van der Waals surface area (Å²) in [5, 5.41) is 25.9. The molecule has 1 aliphatic rings. The standard InChI is InChI=1S/C50H64ClN9O7S2/c1-29(2)69(65,66)42-14-11-10-13-38(42)56-46-37(51)26-53-49(59-46)57-39-23-30(3)35(24-41(39)67-9)20-22-52-21-12-15-43(62)58-45(50(6,7)8)48(64)60-27-36(61)25-40(60)47(63)55-31(4)33-16-18-34(19-17-33)44-32(5)54-28-68-44/h10-11,13-14,16-19,23-24,26,28-29,31,36,40,45,52,61H,12,15,20-22,25,27H2,1-9H3,(H,55,63)(H,58,62)(H2,53,56,57,59)/t31-,36+,40-,45+/m0/s1. The number of likely N-dealkylation sites (tertiary alicyclic amines) is 1. The molecule has 6 rings (SSSR count). The number of hydrogen-bond donors (Lipinski definition) is 6. The predicted molar refractivity (Wildman–Crippen MR) is 272 cm³/mol. The fourth-order valence-electron chi connectivity index (χ4n) is 8.07. The molecule has 370 valence electrons. The van der Waals surface area contributed by atoms with Gasteiger partial charge in [-0.05, 0) is 112 Å². The molecule has 1 saturated heterocycles. The van der Waals surface area contributed by atoms with E-state index in [0.29, 0.717) is 43.1 Å². The Balaban J connectivity index is 0.987. The number of nitrogens with one attached hydrogen (secondary N) is 5. The topological polar surface area (TPSA) is 217 Å². The molecule has 0 unspecified atom stereocenters. The zero-order valence-electron chi connectivity index (χ0n) is 40.6. The number of rotatable bonds is 20. The maximum absolute atomic E-state index is 14.2. The highest BCUT2D eigenvalue weighted by Crippen LogP contribution is 2.34. The van der Waals surface area contributed by atoms with Gasteiger partial charge in [-0.25, -0.2) is 18.4 Å². The average Bonchev–Trinajstić information content (AvgIpc) is 3.92. The van der Waals surface area contributed by atoms with Gasteiger partial charge in [0.25, 0.3) is 0 Å². The number of para-hydroxylation sites is 1. The molecule has 3 aromatic carbocycles. The lowest BCUT2D eigenvalue weighted by atomic mass is 9.85. The van der Waals surface area contributed by atoms with Gasteiger partial charge >= 0.3 is 0 Å². The first-order valence-corrected chi connectivity index (χ1v) is 25.8. The molecule has 6 N–H and O–H groups in total. The first-order chi connectivity index (χ1) is 32.7. The Bertz CT molecular complexity index is 2730. The fourth-order valence-corrected chi connectivity index (χ4v) is 10.2. The van der Waals surface area contributed by atoms with Gasteiger partial charge in [-0.2, -0.15) is 4.98 Å². The smallest absolute Gasteiger partial charge is 0.246 e. The molecule has 0 radical (unpaired) electrons. The summed E-state index contributed by atoms with van der Waals surface area (Å²) in [6.45, 7) is 15.9. The lowest BCUT2D eigenvalue weighted by Crippen LogP contribution is -2.57. The second-order valence-corrected chi connectivity index (χ2v) is 22.4. The lowest BCUT2D eigenvalue weighted by Gasteiger charge is -2.35. The number of aryl methyl sites for hydroxylation is 2.